The van der Waals surface area contributed by atoms with E-state index >= 15 is 0 Å². The lowest BCUT2D eigenvalue weighted by molar-refractivity contribution is 0.243. The molecule has 130 valence electrons. The number of hydrogen-bond donors (Lipinski definition) is 0. The summed E-state index contributed by atoms with van der Waals surface area (Å²) < 4.78 is 11.6. The second-order valence-electron chi connectivity index (χ2n) is 5.87. The summed E-state index contributed by atoms with van der Waals surface area (Å²) in [5, 5.41) is 0. The molecular formula is C18H26N4O2. The molecule has 24 heavy (non-hydrogen) atoms. The van der Waals surface area contributed by atoms with Crippen LogP contribution >= 0.6 is 0 Å². The zero-order valence-corrected chi connectivity index (χ0v) is 14.8. The molecule has 6 nitrogen and oxygen atoms in total. The third-order valence-corrected chi connectivity index (χ3v) is 4.51. The molecule has 0 atom stereocenters. The summed E-state index contributed by atoms with van der Waals surface area (Å²) in [7, 11) is 1.66. The molecular weight excluding hydrogens is 304 g/mol. The minimum Gasteiger partial charge on any atom is -0.491 e. The Balaban J connectivity index is 1.71. The van der Waals surface area contributed by atoms with E-state index in [1.165, 1.54) is 0 Å². The predicted octanol–water partition coefficient (Wildman–Crippen LogP) is 2.54. The highest BCUT2D eigenvalue weighted by Gasteiger charge is 2.27. The molecule has 0 N–H and O–H groups in total. The van der Waals surface area contributed by atoms with Crippen LogP contribution in [0.5, 0.6) is 11.5 Å². The van der Waals surface area contributed by atoms with Crippen LogP contribution in [0.3, 0.4) is 0 Å². The Bertz CT molecular complexity index is 638. The van der Waals surface area contributed by atoms with E-state index in [-0.39, 0.29) is 0 Å². The maximum atomic E-state index is 5.97. The van der Waals surface area contributed by atoms with E-state index in [1.54, 1.807) is 7.11 Å². The van der Waals surface area contributed by atoms with Crippen LogP contribution in [0.2, 0.25) is 0 Å². The van der Waals surface area contributed by atoms with E-state index < -0.39 is 0 Å². The lowest BCUT2D eigenvalue weighted by atomic mass is 10.1. The van der Waals surface area contributed by atoms with Crippen molar-refractivity contribution in [2.75, 3.05) is 46.4 Å². The molecule has 3 rings (SSSR count). The van der Waals surface area contributed by atoms with E-state index in [4.69, 9.17) is 9.47 Å². The molecule has 1 aromatic carbocycles. The predicted molar refractivity (Wildman–Crippen MR) is 97.2 cm³/mol. The van der Waals surface area contributed by atoms with E-state index in [1.807, 2.05) is 18.5 Å². The van der Waals surface area contributed by atoms with E-state index in [0.29, 0.717) is 12.4 Å². The van der Waals surface area contributed by atoms with Crippen LogP contribution < -0.4 is 9.47 Å². The average molecular weight is 330 g/mol. The van der Waals surface area contributed by atoms with Crippen molar-refractivity contribution in [1.82, 2.24) is 9.80 Å². The molecule has 1 aromatic rings. The zero-order chi connectivity index (χ0) is 16.9. The Hall–Kier alpha value is -2.08. The number of fused-ring (bicyclic) bond motifs is 3. The lowest BCUT2D eigenvalue weighted by Gasteiger charge is -2.23. The Morgan fingerprint density at radius 1 is 1.25 bits per heavy atom. The SMILES string of the molecule is CCN(CC)CCCOc1ccc2c(c1OC)N=CN1CCN=C21. The molecule has 0 bridgehead atoms. The summed E-state index contributed by atoms with van der Waals surface area (Å²) >= 11 is 0. The minimum atomic E-state index is 0.669. The van der Waals surface area contributed by atoms with Crippen molar-refractivity contribution in [2.24, 2.45) is 9.98 Å². The minimum absolute atomic E-state index is 0.669. The van der Waals surface area contributed by atoms with Crippen LogP contribution in [0.4, 0.5) is 5.69 Å². The fourth-order valence-electron chi connectivity index (χ4n) is 3.12. The third-order valence-electron chi connectivity index (χ3n) is 4.51. The second kappa shape index (κ2) is 7.66. The number of nitrogens with zero attached hydrogens (tertiary/aromatic N) is 4. The fourth-order valence-corrected chi connectivity index (χ4v) is 3.12. The quantitative estimate of drug-likeness (QED) is 0.687. The molecule has 6 heteroatoms. The highest BCUT2D eigenvalue weighted by Crippen LogP contribution is 2.42. The first-order chi connectivity index (χ1) is 11.8. The van der Waals surface area contributed by atoms with Crippen LogP contribution in [-0.2, 0) is 0 Å². The molecule has 2 aliphatic rings. The van der Waals surface area contributed by atoms with Gasteiger partial charge >= 0.3 is 0 Å². The molecule has 0 spiro atoms. The number of methoxy groups -OCH3 is 1. The van der Waals surface area contributed by atoms with Gasteiger partial charge in [-0.3, -0.25) is 4.99 Å². The molecule has 0 radical (unpaired) electrons. The number of rotatable bonds is 8. The maximum absolute atomic E-state index is 5.97. The number of aliphatic imine (C=N–C) groups is 2. The second-order valence-corrected chi connectivity index (χ2v) is 5.87. The number of hydrogen-bond acceptors (Lipinski definition) is 6. The summed E-state index contributed by atoms with van der Waals surface area (Å²) in [6, 6.07) is 4.00. The van der Waals surface area contributed by atoms with Crippen LogP contribution in [-0.4, -0.2) is 68.4 Å². The van der Waals surface area contributed by atoms with Gasteiger partial charge in [-0.05, 0) is 31.6 Å². The third kappa shape index (κ3) is 3.24. The topological polar surface area (TPSA) is 49.7 Å². The summed E-state index contributed by atoms with van der Waals surface area (Å²) in [5.74, 6) is 2.42. The van der Waals surface area contributed by atoms with Gasteiger partial charge in [0.2, 0.25) is 0 Å². The molecule has 0 amide bonds. The fraction of sp³-hybridized carbons (Fsp3) is 0.556. The van der Waals surface area contributed by atoms with Crippen LogP contribution in [0.15, 0.2) is 22.1 Å². The standard InChI is InChI=1S/C18H26N4O2/c1-4-21(5-2)10-6-12-24-15-8-7-14-16(17(15)23-3)20-13-22-11-9-19-18(14)22/h7-8,13H,4-6,9-12H2,1-3H3. The van der Waals surface area contributed by atoms with Crippen LogP contribution in [0, 0.1) is 0 Å². The summed E-state index contributed by atoms with van der Waals surface area (Å²) in [6.07, 6.45) is 2.83. The summed E-state index contributed by atoms with van der Waals surface area (Å²) in [6.45, 7) is 9.94. The Labute approximate surface area is 143 Å². The Morgan fingerprint density at radius 3 is 2.83 bits per heavy atom. The van der Waals surface area contributed by atoms with Crippen LogP contribution in [0.1, 0.15) is 25.8 Å². The molecule has 2 heterocycles. The van der Waals surface area contributed by atoms with E-state index in [9.17, 15) is 0 Å². The van der Waals surface area contributed by atoms with Crippen molar-refractivity contribution in [3.05, 3.63) is 17.7 Å². The molecule has 0 unspecified atom stereocenters. The lowest BCUT2D eigenvalue weighted by Crippen LogP contribution is -2.29. The number of ether oxygens (including phenoxy) is 2. The molecule has 0 fully saturated rings. The van der Waals surface area contributed by atoms with Gasteiger partial charge in [-0.1, -0.05) is 13.8 Å². The van der Waals surface area contributed by atoms with E-state index in [2.05, 4.69) is 33.6 Å². The van der Waals surface area contributed by atoms with Crippen molar-refractivity contribution in [3.63, 3.8) is 0 Å². The molecule has 2 aliphatic heterocycles. The van der Waals surface area contributed by atoms with Gasteiger partial charge in [0.05, 0.1) is 26.6 Å². The maximum Gasteiger partial charge on any atom is 0.187 e. The largest absolute Gasteiger partial charge is 0.491 e. The number of benzene rings is 1. The van der Waals surface area contributed by atoms with Gasteiger partial charge < -0.3 is 19.3 Å². The van der Waals surface area contributed by atoms with Crippen molar-refractivity contribution >= 4 is 17.9 Å². The first-order valence-corrected chi connectivity index (χ1v) is 8.70. The normalized spacial score (nSPS) is 15.3. The van der Waals surface area contributed by atoms with Gasteiger partial charge in [0.25, 0.3) is 0 Å². The van der Waals surface area contributed by atoms with Crippen molar-refractivity contribution < 1.29 is 9.47 Å². The van der Waals surface area contributed by atoms with Gasteiger partial charge in [0.1, 0.15) is 11.5 Å². The van der Waals surface area contributed by atoms with Gasteiger partial charge in [-0.15, -0.1) is 0 Å². The first-order valence-electron chi connectivity index (χ1n) is 8.70. The van der Waals surface area contributed by atoms with E-state index in [0.717, 1.165) is 62.0 Å². The monoisotopic (exact) mass is 330 g/mol. The Kier molecular flexibility index (Phi) is 5.35. The highest BCUT2D eigenvalue weighted by molar-refractivity contribution is 6.12. The zero-order valence-electron chi connectivity index (χ0n) is 14.8. The van der Waals surface area contributed by atoms with Gasteiger partial charge in [-0.25, -0.2) is 4.99 Å². The van der Waals surface area contributed by atoms with Gasteiger partial charge in [0.15, 0.2) is 11.5 Å². The average Bonchev–Trinajstić information content (AvgIpc) is 3.10. The summed E-state index contributed by atoms with van der Waals surface area (Å²) in [4.78, 5) is 13.6. The Morgan fingerprint density at radius 2 is 2.08 bits per heavy atom. The first kappa shape index (κ1) is 16.8. The van der Waals surface area contributed by atoms with Crippen LogP contribution in [0.25, 0.3) is 0 Å². The molecule has 0 aliphatic carbocycles. The highest BCUT2D eigenvalue weighted by atomic mass is 16.5. The van der Waals surface area contributed by atoms with Gasteiger partial charge in [0, 0.05) is 18.7 Å². The van der Waals surface area contributed by atoms with Gasteiger partial charge in [-0.2, -0.15) is 0 Å². The summed E-state index contributed by atoms with van der Waals surface area (Å²) in [5.41, 5.74) is 1.83. The van der Waals surface area contributed by atoms with Crippen molar-refractivity contribution in [1.29, 1.82) is 0 Å². The number of amidine groups is 1. The van der Waals surface area contributed by atoms with Crippen molar-refractivity contribution in [3.8, 4) is 11.5 Å². The molecule has 0 saturated heterocycles. The van der Waals surface area contributed by atoms with Crippen molar-refractivity contribution in [2.45, 2.75) is 20.3 Å². The smallest absolute Gasteiger partial charge is 0.187 e. The molecule has 0 aromatic heterocycles. The molecule has 0 saturated carbocycles.